The minimum atomic E-state index is 0.931. The van der Waals surface area contributed by atoms with Gasteiger partial charge >= 0.3 is 0 Å². The average Bonchev–Trinajstić information content (AvgIpc) is 3.48. The van der Waals surface area contributed by atoms with E-state index in [9.17, 15) is 0 Å². The minimum Gasteiger partial charge on any atom is -0.456 e. The molecule has 2 aromatic heterocycles. The van der Waals surface area contributed by atoms with Crippen LogP contribution in [0.15, 0.2) is 126 Å². The molecule has 0 spiro atoms. The number of furan rings is 1. The molecular weight excluding hydrogens is 432 g/mol. The molecule has 2 heterocycles. The lowest BCUT2D eigenvalue weighted by Gasteiger charge is -2.09. The summed E-state index contributed by atoms with van der Waals surface area (Å²) in [5.74, 6) is 0. The Morgan fingerprint density at radius 2 is 1.03 bits per heavy atom. The van der Waals surface area contributed by atoms with E-state index in [0.29, 0.717) is 0 Å². The van der Waals surface area contributed by atoms with Crippen molar-refractivity contribution in [2.45, 2.75) is 0 Å². The van der Waals surface area contributed by atoms with Crippen molar-refractivity contribution in [2.24, 2.45) is 0 Å². The SMILES string of the molecule is c1ccc(-c2ccccc2-c2sc(-c3ccc4oc5ccccc5c4c3)c3ccccc23)cc1. The minimum absolute atomic E-state index is 0.931. The van der Waals surface area contributed by atoms with Crippen LogP contribution in [0.3, 0.4) is 0 Å². The molecule has 7 aromatic rings. The molecule has 5 aromatic carbocycles. The fraction of sp³-hybridized carbons (Fsp3) is 0. The van der Waals surface area contributed by atoms with E-state index in [1.54, 1.807) is 0 Å². The van der Waals surface area contributed by atoms with E-state index in [0.717, 1.165) is 21.9 Å². The highest BCUT2D eigenvalue weighted by atomic mass is 32.1. The molecule has 0 bridgehead atoms. The van der Waals surface area contributed by atoms with Crippen LogP contribution in [0, 0.1) is 0 Å². The van der Waals surface area contributed by atoms with Gasteiger partial charge in [0.1, 0.15) is 11.2 Å². The molecular formula is C32H20OS. The molecule has 0 saturated carbocycles. The molecule has 0 aliphatic heterocycles. The third-order valence-corrected chi connectivity index (χ3v) is 7.82. The van der Waals surface area contributed by atoms with Crippen LogP contribution < -0.4 is 0 Å². The molecule has 0 unspecified atom stereocenters. The van der Waals surface area contributed by atoms with Crippen molar-refractivity contribution in [1.82, 2.24) is 0 Å². The third-order valence-electron chi connectivity index (χ3n) is 6.52. The van der Waals surface area contributed by atoms with Crippen molar-refractivity contribution in [2.75, 3.05) is 0 Å². The number of hydrogen-bond donors (Lipinski definition) is 0. The first-order valence-electron chi connectivity index (χ1n) is 11.4. The molecule has 1 nitrogen and oxygen atoms in total. The van der Waals surface area contributed by atoms with Gasteiger partial charge in [-0.25, -0.2) is 0 Å². The summed E-state index contributed by atoms with van der Waals surface area (Å²) in [6.45, 7) is 0. The molecule has 34 heavy (non-hydrogen) atoms. The summed E-state index contributed by atoms with van der Waals surface area (Å²) in [6, 6.07) is 43.0. The number of benzene rings is 5. The third kappa shape index (κ3) is 3.00. The molecule has 0 fully saturated rings. The van der Waals surface area contributed by atoms with Crippen LogP contribution >= 0.6 is 11.3 Å². The van der Waals surface area contributed by atoms with Gasteiger partial charge in [-0.05, 0) is 41.0 Å². The molecule has 0 aliphatic carbocycles. The van der Waals surface area contributed by atoms with Crippen molar-refractivity contribution >= 4 is 44.0 Å². The normalized spacial score (nSPS) is 11.5. The second-order valence-corrected chi connectivity index (χ2v) is 9.55. The predicted molar refractivity (Wildman–Crippen MR) is 145 cm³/mol. The second kappa shape index (κ2) is 7.72. The maximum atomic E-state index is 6.07. The van der Waals surface area contributed by atoms with Crippen LogP contribution in [0.4, 0.5) is 0 Å². The lowest BCUT2D eigenvalue weighted by molar-refractivity contribution is 0.669. The molecule has 0 atom stereocenters. The van der Waals surface area contributed by atoms with E-state index in [1.165, 1.54) is 42.8 Å². The Morgan fingerprint density at radius 1 is 0.412 bits per heavy atom. The van der Waals surface area contributed by atoms with Crippen LogP contribution in [0.1, 0.15) is 0 Å². The quantitative estimate of drug-likeness (QED) is 0.260. The summed E-state index contributed by atoms with van der Waals surface area (Å²) in [5, 5.41) is 4.91. The standard InChI is InChI=1S/C32H20OS/c1-2-10-21(11-3-1)23-12-4-5-14-25(23)32-27-16-7-6-15-26(27)31(34-32)22-18-19-30-28(20-22)24-13-8-9-17-29(24)33-30/h1-20H. The highest BCUT2D eigenvalue weighted by Crippen LogP contribution is 2.47. The van der Waals surface area contributed by atoms with Gasteiger partial charge in [0, 0.05) is 36.9 Å². The molecule has 0 saturated heterocycles. The maximum absolute atomic E-state index is 6.07. The second-order valence-electron chi connectivity index (χ2n) is 8.53. The van der Waals surface area contributed by atoms with Crippen LogP contribution in [0.25, 0.3) is 64.7 Å². The van der Waals surface area contributed by atoms with Crippen LogP contribution in [0.2, 0.25) is 0 Å². The van der Waals surface area contributed by atoms with Crippen LogP contribution in [-0.4, -0.2) is 0 Å². The van der Waals surface area contributed by atoms with Crippen molar-refractivity contribution < 1.29 is 4.42 Å². The fourth-order valence-corrected chi connectivity index (χ4v) is 6.24. The molecule has 0 amide bonds. The Bertz CT molecular complexity index is 1800. The number of hydrogen-bond acceptors (Lipinski definition) is 2. The van der Waals surface area contributed by atoms with Crippen molar-refractivity contribution in [3.63, 3.8) is 0 Å². The van der Waals surface area contributed by atoms with E-state index < -0.39 is 0 Å². The van der Waals surface area contributed by atoms with Gasteiger partial charge in [0.25, 0.3) is 0 Å². The molecule has 0 radical (unpaired) electrons. The van der Waals surface area contributed by atoms with E-state index in [2.05, 4.69) is 109 Å². The van der Waals surface area contributed by atoms with Gasteiger partial charge in [-0.1, -0.05) is 97.1 Å². The summed E-state index contributed by atoms with van der Waals surface area (Å²) in [7, 11) is 0. The van der Waals surface area contributed by atoms with Crippen LogP contribution in [0.5, 0.6) is 0 Å². The highest BCUT2D eigenvalue weighted by molar-refractivity contribution is 7.21. The molecule has 0 aliphatic rings. The number of fused-ring (bicyclic) bond motifs is 4. The Labute approximate surface area is 201 Å². The van der Waals surface area contributed by atoms with Crippen molar-refractivity contribution in [1.29, 1.82) is 0 Å². The Balaban J connectivity index is 1.48. The fourth-order valence-electron chi connectivity index (χ4n) is 4.92. The number of rotatable bonds is 3. The molecule has 2 heteroatoms. The zero-order valence-corrected chi connectivity index (χ0v) is 19.2. The van der Waals surface area contributed by atoms with Gasteiger partial charge in [-0.3, -0.25) is 0 Å². The van der Waals surface area contributed by atoms with Gasteiger partial charge in [-0.15, -0.1) is 11.3 Å². The monoisotopic (exact) mass is 452 g/mol. The summed E-state index contributed by atoms with van der Waals surface area (Å²) in [5.41, 5.74) is 6.87. The van der Waals surface area contributed by atoms with Crippen molar-refractivity contribution in [3.8, 4) is 32.0 Å². The zero-order chi connectivity index (χ0) is 22.5. The van der Waals surface area contributed by atoms with E-state index in [4.69, 9.17) is 4.42 Å². The first-order valence-corrected chi connectivity index (χ1v) is 12.3. The van der Waals surface area contributed by atoms with Gasteiger partial charge in [0.15, 0.2) is 0 Å². The van der Waals surface area contributed by atoms with E-state index in [1.807, 2.05) is 23.5 Å². The lowest BCUT2D eigenvalue weighted by atomic mass is 9.96. The molecule has 0 N–H and O–H groups in total. The highest BCUT2D eigenvalue weighted by Gasteiger charge is 2.18. The number of thiophene rings is 1. The summed E-state index contributed by atoms with van der Waals surface area (Å²) in [6.07, 6.45) is 0. The van der Waals surface area contributed by atoms with Crippen LogP contribution in [-0.2, 0) is 0 Å². The summed E-state index contributed by atoms with van der Waals surface area (Å²) in [4.78, 5) is 2.60. The largest absolute Gasteiger partial charge is 0.456 e. The maximum Gasteiger partial charge on any atom is 0.135 e. The lowest BCUT2D eigenvalue weighted by Crippen LogP contribution is -1.82. The first-order chi connectivity index (χ1) is 16.9. The predicted octanol–water partition coefficient (Wildman–Crippen LogP) is 9.80. The molecule has 7 rings (SSSR count). The Morgan fingerprint density at radius 3 is 1.85 bits per heavy atom. The summed E-state index contributed by atoms with van der Waals surface area (Å²) < 4.78 is 6.07. The van der Waals surface area contributed by atoms with E-state index in [-0.39, 0.29) is 0 Å². The topological polar surface area (TPSA) is 13.1 Å². The van der Waals surface area contributed by atoms with Crippen molar-refractivity contribution in [3.05, 3.63) is 121 Å². The molecule has 160 valence electrons. The Kier molecular flexibility index (Phi) is 4.39. The van der Waals surface area contributed by atoms with Gasteiger partial charge in [-0.2, -0.15) is 0 Å². The average molecular weight is 453 g/mol. The van der Waals surface area contributed by atoms with Gasteiger partial charge in [0.05, 0.1) is 0 Å². The smallest absolute Gasteiger partial charge is 0.135 e. The van der Waals surface area contributed by atoms with Gasteiger partial charge in [0.2, 0.25) is 0 Å². The Hall–Kier alpha value is -4.14. The first kappa shape index (κ1) is 19.3. The zero-order valence-electron chi connectivity index (χ0n) is 18.4. The van der Waals surface area contributed by atoms with E-state index >= 15 is 0 Å². The number of para-hydroxylation sites is 1. The summed E-state index contributed by atoms with van der Waals surface area (Å²) >= 11 is 1.87. The van der Waals surface area contributed by atoms with Gasteiger partial charge < -0.3 is 4.42 Å².